The average Bonchev–Trinajstić information content (AvgIpc) is 2.60. The first-order chi connectivity index (χ1) is 12.5. The Morgan fingerprint density at radius 3 is 2.62 bits per heavy atom. The maximum atomic E-state index is 13.3. The zero-order valence-corrected chi connectivity index (χ0v) is 16.7. The SMILES string of the molecule is Fc1cccc(COc2ccc(Br)cc2CNc2ccc(Cl)cc2Cl)c1. The van der Waals surface area contributed by atoms with Gasteiger partial charge in [0.25, 0.3) is 0 Å². The Labute approximate surface area is 170 Å². The molecule has 2 nitrogen and oxygen atoms in total. The molecule has 0 aliphatic heterocycles. The summed E-state index contributed by atoms with van der Waals surface area (Å²) >= 11 is 15.6. The fraction of sp³-hybridized carbons (Fsp3) is 0.100. The third-order valence-corrected chi connectivity index (χ3v) is 4.75. The van der Waals surface area contributed by atoms with Crippen LogP contribution in [0.3, 0.4) is 0 Å². The number of nitrogens with one attached hydrogen (secondary N) is 1. The van der Waals surface area contributed by atoms with Crippen LogP contribution in [0.15, 0.2) is 65.1 Å². The summed E-state index contributed by atoms with van der Waals surface area (Å²) < 4.78 is 20.1. The van der Waals surface area contributed by atoms with Crippen LogP contribution in [-0.4, -0.2) is 0 Å². The van der Waals surface area contributed by atoms with Crippen LogP contribution in [0.2, 0.25) is 10.0 Å². The van der Waals surface area contributed by atoms with E-state index in [0.29, 0.717) is 16.6 Å². The molecule has 0 aliphatic rings. The van der Waals surface area contributed by atoms with E-state index in [1.807, 2.05) is 30.3 Å². The van der Waals surface area contributed by atoms with Gasteiger partial charge in [0, 0.05) is 21.6 Å². The van der Waals surface area contributed by atoms with E-state index in [1.165, 1.54) is 12.1 Å². The van der Waals surface area contributed by atoms with Crippen LogP contribution in [-0.2, 0) is 13.2 Å². The van der Waals surface area contributed by atoms with Gasteiger partial charge in [0.1, 0.15) is 18.2 Å². The normalized spacial score (nSPS) is 10.6. The molecule has 0 fully saturated rings. The van der Waals surface area contributed by atoms with Gasteiger partial charge in [-0.2, -0.15) is 0 Å². The molecule has 1 N–H and O–H groups in total. The van der Waals surface area contributed by atoms with Gasteiger partial charge in [0.15, 0.2) is 0 Å². The molecule has 3 aromatic rings. The molecule has 0 spiro atoms. The minimum Gasteiger partial charge on any atom is -0.489 e. The second-order valence-electron chi connectivity index (χ2n) is 5.65. The monoisotopic (exact) mass is 453 g/mol. The molecule has 3 rings (SSSR count). The summed E-state index contributed by atoms with van der Waals surface area (Å²) in [6.45, 7) is 0.799. The van der Waals surface area contributed by atoms with Gasteiger partial charge in [-0.3, -0.25) is 0 Å². The first-order valence-corrected chi connectivity index (χ1v) is 9.41. The summed E-state index contributed by atoms with van der Waals surface area (Å²) in [6.07, 6.45) is 0. The van der Waals surface area contributed by atoms with Crippen molar-refractivity contribution in [2.75, 3.05) is 5.32 Å². The second-order valence-corrected chi connectivity index (χ2v) is 7.41. The predicted octanol–water partition coefficient (Wildman–Crippen LogP) is 7.09. The van der Waals surface area contributed by atoms with Crippen molar-refractivity contribution >= 4 is 44.8 Å². The van der Waals surface area contributed by atoms with Gasteiger partial charge in [0.05, 0.1) is 10.7 Å². The zero-order valence-electron chi connectivity index (χ0n) is 13.6. The highest BCUT2D eigenvalue weighted by molar-refractivity contribution is 9.10. The summed E-state index contributed by atoms with van der Waals surface area (Å²) in [5, 5.41) is 4.42. The van der Waals surface area contributed by atoms with Crippen LogP contribution in [0, 0.1) is 5.82 Å². The number of benzene rings is 3. The topological polar surface area (TPSA) is 21.3 Å². The molecule has 0 bridgehead atoms. The Morgan fingerprint density at radius 1 is 1.00 bits per heavy atom. The molecule has 0 atom stereocenters. The third kappa shape index (κ3) is 5.13. The van der Waals surface area contributed by atoms with Crippen molar-refractivity contribution in [3.8, 4) is 5.75 Å². The number of anilines is 1. The fourth-order valence-electron chi connectivity index (χ4n) is 2.44. The largest absolute Gasteiger partial charge is 0.489 e. The van der Waals surface area contributed by atoms with Crippen LogP contribution in [0.1, 0.15) is 11.1 Å². The number of halogens is 4. The van der Waals surface area contributed by atoms with E-state index < -0.39 is 0 Å². The highest BCUT2D eigenvalue weighted by atomic mass is 79.9. The highest BCUT2D eigenvalue weighted by Crippen LogP contribution is 2.28. The molecule has 6 heteroatoms. The molecule has 0 radical (unpaired) electrons. The molecule has 0 unspecified atom stereocenters. The second kappa shape index (κ2) is 8.76. The van der Waals surface area contributed by atoms with Crippen LogP contribution in [0.25, 0.3) is 0 Å². The van der Waals surface area contributed by atoms with Crippen molar-refractivity contribution in [1.29, 1.82) is 0 Å². The lowest BCUT2D eigenvalue weighted by atomic mass is 10.2. The van der Waals surface area contributed by atoms with Gasteiger partial charge in [-0.1, -0.05) is 51.3 Å². The van der Waals surface area contributed by atoms with Crippen molar-refractivity contribution in [3.05, 3.63) is 92.1 Å². The smallest absolute Gasteiger partial charge is 0.124 e. The summed E-state index contributed by atoms with van der Waals surface area (Å²) in [5.74, 6) is 0.441. The van der Waals surface area contributed by atoms with E-state index in [1.54, 1.807) is 18.2 Å². The van der Waals surface area contributed by atoms with Crippen LogP contribution >= 0.6 is 39.1 Å². The fourth-order valence-corrected chi connectivity index (χ4v) is 3.32. The maximum absolute atomic E-state index is 13.3. The van der Waals surface area contributed by atoms with E-state index in [0.717, 1.165) is 27.0 Å². The van der Waals surface area contributed by atoms with Crippen LogP contribution in [0.5, 0.6) is 5.75 Å². The molecule has 0 aromatic heterocycles. The minimum atomic E-state index is -0.277. The molecule has 26 heavy (non-hydrogen) atoms. The van der Waals surface area contributed by atoms with E-state index in [4.69, 9.17) is 27.9 Å². The van der Waals surface area contributed by atoms with E-state index in [2.05, 4.69) is 21.2 Å². The average molecular weight is 455 g/mol. The Bertz CT molecular complexity index is 920. The minimum absolute atomic E-state index is 0.277. The van der Waals surface area contributed by atoms with Crippen molar-refractivity contribution < 1.29 is 9.13 Å². The highest BCUT2D eigenvalue weighted by Gasteiger charge is 2.08. The zero-order chi connectivity index (χ0) is 18.5. The Kier molecular flexibility index (Phi) is 6.41. The van der Waals surface area contributed by atoms with Gasteiger partial charge < -0.3 is 10.1 Å². The first kappa shape index (κ1) is 19.0. The van der Waals surface area contributed by atoms with Crippen molar-refractivity contribution in [3.63, 3.8) is 0 Å². The molecular weight excluding hydrogens is 440 g/mol. The number of ether oxygens (including phenoxy) is 1. The van der Waals surface area contributed by atoms with Gasteiger partial charge in [-0.15, -0.1) is 0 Å². The Balaban J connectivity index is 1.73. The number of rotatable bonds is 6. The summed E-state index contributed by atoms with van der Waals surface area (Å²) in [6, 6.07) is 17.4. The Morgan fingerprint density at radius 2 is 1.85 bits per heavy atom. The lowest BCUT2D eigenvalue weighted by Crippen LogP contribution is -2.04. The van der Waals surface area contributed by atoms with Gasteiger partial charge >= 0.3 is 0 Å². The third-order valence-electron chi connectivity index (χ3n) is 3.71. The van der Waals surface area contributed by atoms with E-state index >= 15 is 0 Å². The standard InChI is InChI=1S/C20H15BrCl2FNO/c21-15-4-7-20(26-12-13-2-1-3-17(24)8-13)14(9-15)11-25-19-6-5-16(22)10-18(19)23/h1-10,25H,11-12H2. The number of hydrogen-bond acceptors (Lipinski definition) is 2. The lowest BCUT2D eigenvalue weighted by Gasteiger charge is -2.14. The van der Waals surface area contributed by atoms with Crippen molar-refractivity contribution in [2.45, 2.75) is 13.2 Å². The number of hydrogen-bond donors (Lipinski definition) is 1. The first-order valence-electron chi connectivity index (χ1n) is 7.86. The van der Waals surface area contributed by atoms with Crippen LogP contribution in [0.4, 0.5) is 10.1 Å². The maximum Gasteiger partial charge on any atom is 0.124 e. The van der Waals surface area contributed by atoms with Gasteiger partial charge in [-0.05, 0) is 54.1 Å². The lowest BCUT2D eigenvalue weighted by molar-refractivity contribution is 0.302. The molecule has 0 aliphatic carbocycles. The van der Waals surface area contributed by atoms with Gasteiger partial charge in [0.2, 0.25) is 0 Å². The molecule has 0 amide bonds. The van der Waals surface area contributed by atoms with Crippen molar-refractivity contribution in [1.82, 2.24) is 0 Å². The predicted molar refractivity (Wildman–Crippen MR) is 109 cm³/mol. The van der Waals surface area contributed by atoms with E-state index in [9.17, 15) is 4.39 Å². The quantitative estimate of drug-likeness (QED) is 0.429. The summed E-state index contributed by atoms with van der Waals surface area (Å²) in [4.78, 5) is 0. The van der Waals surface area contributed by atoms with E-state index in [-0.39, 0.29) is 12.4 Å². The molecular formula is C20H15BrCl2FNO. The molecule has 0 heterocycles. The molecule has 0 saturated carbocycles. The molecule has 134 valence electrons. The van der Waals surface area contributed by atoms with Gasteiger partial charge in [-0.25, -0.2) is 4.39 Å². The Hall–Kier alpha value is -1.75. The van der Waals surface area contributed by atoms with Crippen LogP contribution < -0.4 is 10.1 Å². The molecule has 3 aromatic carbocycles. The molecule has 0 saturated heterocycles. The summed E-state index contributed by atoms with van der Waals surface area (Å²) in [7, 11) is 0. The summed E-state index contributed by atoms with van der Waals surface area (Å²) in [5.41, 5.74) is 2.50. The van der Waals surface area contributed by atoms with Crippen molar-refractivity contribution in [2.24, 2.45) is 0 Å².